The molecule has 1 unspecified atom stereocenters. The zero-order valence-electron chi connectivity index (χ0n) is 21.4. The molecule has 9 heteroatoms. The maximum Gasteiger partial charge on any atom is 0.262 e. The van der Waals surface area contributed by atoms with Gasteiger partial charge in [-0.3, -0.25) is 14.8 Å². The number of alkyl halides is 2. The normalized spacial score (nSPS) is 17.7. The van der Waals surface area contributed by atoms with Gasteiger partial charge >= 0.3 is 0 Å². The largest absolute Gasteiger partial charge is 0.490 e. The number of carbonyl (C=O) groups excluding carboxylic acids is 1. The quantitative estimate of drug-likeness (QED) is 0.326. The molecule has 0 spiro atoms. The van der Waals surface area contributed by atoms with Crippen LogP contribution in [0.3, 0.4) is 0 Å². The Bertz CT molecular complexity index is 1420. The Hall–Kier alpha value is -3.82. The van der Waals surface area contributed by atoms with E-state index in [0.717, 1.165) is 61.4 Å². The molecule has 2 aliphatic rings. The fourth-order valence-electron chi connectivity index (χ4n) is 5.23. The van der Waals surface area contributed by atoms with Crippen molar-refractivity contribution in [2.24, 2.45) is 0 Å². The molecule has 1 aromatic heterocycles. The molecule has 7 nitrogen and oxygen atoms in total. The van der Waals surface area contributed by atoms with E-state index in [1.54, 1.807) is 48.5 Å². The number of hydrogen-bond acceptors (Lipinski definition) is 5. The van der Waals surface area contributed by atoms with E-state index in [1.165, 1.54) is 0 Å². The number of ether oxygens (including phenoxy) is 2. The number of aromatic nitrogens is 2. The number of aromatic amines is 1. The summed E-state index contributed by atoms with van der Waals surface area (Å²) in [5.41, 5.74) is 2.92. The molecule has 2 N–H and O–H groups in total. The molecule has 1 amide bonds. The van der Waals surface area contributed by atoms with Crippen molar-refractivity contribution in [3.63, 3.8) is 0 Å². The van der Waals surface area contributed by atoms with Crippen LogP contribution in [0.25, 0.3) is 22.2 Å². The van der Waals surface area contributed by atoms with Crippen molar-refractivity contribution in [3.8, 4) is 17.0 Å². The molecule has 1 atom stereocenters. The number of benzene rings is 3. The second kappa shape index (κ2) is 11.1. The molecule has 0 bridgehead atoms. The number of nitrogens with one attached hydrogen (secondary N) is 2. The Morgan fingerprint density at radius 1 is 1.03 bits per heavy atom. The Labute approximate surface area is 225 Å². The summed E-state index contributed by atoms with van der Waals surface area (Å²) >= 11 is 0. The molecule has 3 heterocycles. The van der Waals surface area contributed by atoms with Crippen molar-refractivity contribution in [1.29, 1.82) is 0 Å². The van der Waals surface area contributed by atoms with Crippen LogP contribution in [0.15, 0.2) is 72.8 Å². The minimum absolute atomic E-state index is 0.188. The van der Waals surface area contributed by atoms with E-state index in [1.807, 2.05) is 24.3 Å². The number of carbonyl (C=O) groups is 1. The lowest BCUT2D eigenvalue weighted by atomic mass is 10.0. The van der Waals surface area contributed by atoms with Gasteiger partial charge in [-0.15, -0.1) is 0 Å². The smallest absolute Gasteiger partial charge is 0.262 e. The van der Waals surface area contributed by atoms with Gasteiger partial charge in [-0.1, -0.05) is 30.3 Å². The number of halogens is 2. The zero-order valence-corrected chi connectivity index (χ0v) is 21.4. The van der Waals surface area contributed by atoms with Gasteiger partial charge in [0.1, 0.15) is 17.9 Å². The van der Waals surface area contributed by atoms with Crippen LogP contribution in [0.5, 0.6) is 5.75 Å². The van der Waals surface area contributed by atoms with Crippen molar-refractivity contribution >= 4 is 16.8 Å². The number of rotatable bonds is 8. The van der Waals surface area contributed by atoms with E-state index in [2.05, 4.69) is 20.4 Å². The highest BCUT2D eigenvalue weighted by Gasteiger charge is 2.30. The molecule has 0 radical (unpaired) electrons. The summed E-state index contributed by atoms with van der Waals surface area (Å²) in [6, 6.07) is 20.2. The summed E-state index contributed by atoms with van der Waals surface area (Å²) in [4.78, 5) is 15.4. The summed E-state index contributed by atoms with van der Waals surface area (Å²) in [6.45, 7) is 3.72. The molecule has 4 aromatic rings. The van der Waals surface area contributed by atoms with Crippen LogP contribution < -0.4 is 10.1 Å². The van der Waals surface area contributed by atoms with E-state index in [9.17, 15) is 13.6 Å². The highest BCUT2D eigenvalue weighted by Crippen LogP contribution is 2.30. The molecular formula is C30H30F2N4O3. The van der Waals surface area contributed by atoms with E-state index in [-0.39, 0.29) is 11.7 Å². The van der Waals surface area contributed by atoms with Crippen molar-refractivity contribution in [1.82, 2.24) is 20.4 Å². The first-order valence-corrected chi connectivity index (χ1v) is 13.3. The predicted octanol–water partition coefficient (Wildman–Crippen LogP) is 5.21. The van der Waals surface area contributed by atoms with E-state index >= 15 is 0 Å². The molecule has 2 fully saturated rings. The van der Waals surface area contributed by atoms with Crippen molar-refractivity contribution in [2.45, 2.75) is 37.5 Å². The number of fused-ring (bicyclic) bond motifs is 1. The van der Waals surface area contributed by atoms with Gasteiger partial charge in [0.05, 0.1) is 30.5 Å². The third-order valence-electron chi connectivity index (χ3n) is 7.57. The minimum atomic E-state index is -2.74. The molecular weight excluding hydrogens is 502 g/mol. The lowest BCUT2D eigenvalue weighted by Crippen LogP contribution is -2.52. The molecule has 0 saturated carbocycles. The number of H-pyrrole nitrogens is 1. The van der Waals surface area contributed by atoms with Crippen LogP contribution >= 0.6 is 0 Å². The monoisotopic (exact) mass is 532 g/mol. The summed E-state index contributed by atoms with van der Waals surface area (Å²) in [7, 11) is 0. The molecule has 39 heavy (non-hydrogen) atoms. The van der Waals surface area contributed by atoms with E-state index < -0.39 is 18.4 Å². The number of hydrogen-bond donors (Lipinski definition) is 2. The van der Waals surface area contributed by atoms with Gasteiger partial charge < -0.3 is 14.8 Å². The van der Waals surface area contributed by atoms with Crippen LogP contribution in [-0.4, -0.2) is 65.9 Å². The van der Waals surface area contributed by atoms with Gasteiger partial charge in [0.2, 0.25) is 0 Å². The standard InChI is InChI=1S/C30H30F2N4O3/c31-29(32)28(19-4-2-1-3-5-19)33-30(37)21-8-11-26-25(16-21)27(35-34-26)20-6-9-23(10-7-20)39-24-12-14-36(15-13-24)22-17-38-18-22/h1-11,16,22,24,28-29H,12-15,17-18H2,(H,33,37)(H,34,35). The van der Waals surface area contributed by atoms with Gasteiger partial charge in [-0.05, 0) is 60.9 Å². The van der Waals surface area contributed by atoms with Gasteiger partial charge in [-0.25, -0.2) is 8.78 Å². The van der Waals surface area contributed by atoms with Crippen LogP contribution in [0, 0.1) is 0 Å². The third kappa shape index (κ3) is 5.51. The Morgan fingerprint density at radius 2 is 1.77 bits per heavy atom. The van der Waals surface area contributed by atoms with E-state index in [0.29, 0.717) is 17.3 Å². The number of nitrogens with zero attached hydrogens (tertiary/aromatic N) is 2. The molecule has 6 rings (SSSR count). The van der Waals surface area contributed by atoms with Crippen molar-refractivity contribution in [3.05, 3.63) is 83.9 Å². The second-order valence-electron chi connectivity index (χ2n) is 10.1. The van der Waals surface area contributed by atoms with Crippen LogP contribution in [0.2, 0.25) is 0 Å². The maximum atomic E-state index is 13.8. The lowest BCUT2D eigenvalue weighted by Gasteiger charge is -2.41. The number of piperidine rings is 1. The van der Waals surface area contributed by atoms with Crippen LogP contribution in [-0.2, 0) is 4.74 Å². The fraction of sp³-hybridized carbons (Fsp3) is 0.333. The maximum absolute atomic E-state index is 13.8. The summed E-state index contributed by atoms with van der Waals surface area (Å²) in [5, 5.41) is 10.7. The first-order chi connectivity index (χ1) is 19.0. The SMILES string of the molecule is O=C(NC(c1ccccc1)C(F)F)c1ccc2[nH]nc(-c3ccc(OC4CCN(C5COC5)CC4)cc3)c2c1. The second-order valence-corrected chi connectivity index (χ2v) is 10.1. The summed E-state index contributed by atoms with van der Waals surface area (Å²) < 4.78 is 39.0. The van der Waals surface area contributed by atoms with E-state index in [4.69, 9.17) is 9.47 Å². The predicted molar refractivity (Wildman–Crippen MR) is 144 cm³/mol. The van der Waals surface area contributed by atoms with Gasteiger partial charge in [-0.2, -0.15) is 5.10 Å². The minimum Gasteiger partial charge on any atom is -0.490 e. The zero-order chi connectivity index (χ0) is 26.8. The average Bonchev–Trinajstić information content (AvgIpc) is 3.36. The Kier molecular flexibility index (Phi) is 7.26. The van der Waals surface area contributed by atoms with Crippen LogP contribution in [0.4, 0.5) is 8.78 Å². The first kappa shape index (κ1) is 25.5. The lowest BCUT2D eigenvalue weighted by molar-refractivity contribution is -0.0778. The Morgan fingerprint density at radius 3 is 2.44 bits per heavy atom. The van der Waals surface area contributed by atoms with Gasteiger partial charge in [0.25, 0.3) is 12.3 Å². The molecule has 0 aliphatic carbocycles. The highest BCUT2D eigenvalue weighted by atomic mass is 19.3. The third-order valence-corrected chi connectivity index (χ3v) is 7.57. The summed E-state index contributed by atoms with van der Waals surface area (Å²) in [6.07, 6.45) is -0.573. The van der Waals surface area contributed by atoms with Crippen molar-refractivity contribution in [2.75, 3.05) is 26.3 Å². The van der Waals surface area contributed by atoms with Gasteiger partial charge in [0, 0.05) is 29.6 Å². The Balaban J connectivity index is 1.14. The topological polar surface area (TPSA) is 79.5 Å². The van der Waals surface area contributed by atoms with Crippen molar-refractivity contribution < 1.29 is 23.0 Å². The molecule has 2 saturated heterocycles. The number of likely N-dealkylation sites (tertiary alicyclic amines) is 1. The average molecular weight is 533 g/mol. The number of amides is 1. The highest BCUT2D eigenvalue weighted by molar-refractivity contribution is 6.01. The first-order valence-electron chi connectivity index (χ1n) is 13.3. The molecule has 202 valence electrons. The van der Waals surface area contributed by atoms with Gasteiger partial charge in [0.15, 0.2) is 0 Å². The molecule has 2 aliphatic heterocycles. The fourth-order valence-corrected chi connectivity index (χ4v) is 5.23. The summed E-state index contributed by atoms with van der Waals surface area (Å²) in [5.74, 6) is 0.237. The molecule has 3 aromatic carbocycles. The van der Waals surface area contributed by atoms with Crippen LogP contribution in [0.1, 0.15) is 34.8 Å².